The molecule has 0 unspecified atom stereocenters. The number of imidazole rings is 1. The Morgan fingerprint density at radius 3 is 2.54 bits per heavy atom. The van der Waals surface area contributed by atoms with Gasteiger partial charge in [0.1, 0.15) is 0 Å². The van der Waals surface area contributed by atoms with Gasteiger partial charge in [-0.3, -0.25) is 9.59 Å². The predicted octanol–water partition coefficient (Wildman–Crippen LogP) is 1.80. The molecule has 1 N–H and O–H groups in total. The summed E-state index contributed by atoms with van der Waals surface area (Å²) in [6, 6.07) is 5.00. The van der Waals surface area contributed by atoms with Crippen molar-refractivity contribution in [2.45, 2.75) is 12.6 Å². The minimum atomic E-state index is -4.88. The molecule has 0 atom stereocenters. The number of carbonyl (C=O) groups is 2. The Labute approximate surface area is 135 Å². The lowest BCUT2D eigenvalue weighted by molar-refractivity contribution is -0.185. The molecular weight excluding hydrogens is 325 g/mol. The lowest BCUT2D eigenvalue weighted by Gasteiger charge is -2.23. The summed E-state index contributed by atoms with van der Waals surface area (Å²) in [7, 11) is 0. The smallest absolute Gasteiger partial charge is 0.345 e. The fourth-order valence-corrected chi connectivity index (χ4v) is 2.75. The van der Waals surface area contributed by atoms with Crippen LogP contribution in [-0.2, 0) is 4.79 Å². The van der Waals surface area contributed by atoms with Gasteiger partial charge in [0.15, 0.2) is 0 Å². The lowest BCUT2D eigenvalue weighted by Crippen LogP contribution is -2.43. The second-order valence-electron chi connectivity index (χ2n) is 5.57. The SMILES string of the molecule is O=C(c1ccc2nc[nH]c2c1)N1CCCN(C(=O)C(F)(F)F)CC1. The van der Waals surface area contributed by atoms with Gasteiger partial charge in [-0.25, -0.2) is 4.98 Å². The lowest BCUT2D eigenvalue weighted by atomic mass is 10.1. The van der Waals surface area contributed by atoms with Crippen LogP contribution in [0.2, 0.25) is 0 Å². The van der Waals surface area contributed by atoms with Crippen molar-refractivity contribution in [2.75, 3.05) is 26.2 Å². The average molecular weight is 340 g/mol. The molecule has 24 heavy (non-hydrogen) atoms. The zero-order chi connectivity index (χ0) is 17.3. The third-order valence-electron chi connectivity index (χ3n) is 3.98. The van der Waals surface area contributed by atoms with Crippen LogP contribution in [0.5, 0.6) is 0 Å². The zero-order valence-corrected chi connectivity index (χ0v) is 12.6. The van der Waals surface area contributed by atoms with Gasteiger partial charge in [0.05, 0.1) is 17.4 Å². The van der Waals surface area contributed by atoms with E-state index in [4.69, 9.17) is 0 Å². The Kier molecular flexibility index (Phi) is 4.16. The number of alkyl halides is 3. The number of aromatic nitrogens is 2. The molecule has 1 aromatic carbocycles. The van der Waals surface area contributed by atoms with Crippen LogP contribution in [0.15, 0.2) is 24.5 Å². The van der Waals surface area contributed by atoms with Crippen molar-refractivity contribution in [3.8, 4) is 0 Å². The highest BCUT2D eigenvalue weighted by Gasteiger charge is 2.42. The summed E-state index contributed by atoms with van der Waals surface area (Å²) in [6.45, 7) is 0.237. The molecule has 3 rings (SSSR count). The van der Waals surface area contributed by atoms with Gasteiger partial charge in [-0.1, -0.05) is 0 Å². The molecule has 1 aliphatic rings. The minimum absolute atomic E-state index is 0.0122. The van der Waals surface area contributed by atoms with Crippen LogP contribution in [0.1, 0.15) is 16.8 Å². The van der Waals surface area contributed by atoms with E-state index in [1.807, 2.05) is 0 Å². The average Bonchev–Trinajstić information content (AvgIpc) is 2.87. The van der Waals surface area contributed by atoms with Crippen LogP contribution < -0.4 is 0 Å². The van der Waals surface area contributed by atoms with Gasteiger partial charge in [0, 0.05) is 31.7 Å². The molecule has 6 nitrogen and oxygen atoms in total. The Morgan fingerprint density at radius 1 is 1.08 bits per heavy atom. The highest BCUT2D eigenvalue weighted by atomic mass is 19.4. The molecule has 2 heterocycles. The van der Waals surface area contributed by atoms with Crippen LogP contribution in [0.3, 0.4) is 0 Å². The number of benzene rings is 1. The fourth-order valence-electron chi connectivity index (χ4n) is 2.75. The van der Waals surface area contributed by atoms with Crippen molar-refractivity contribution < 1.29 is 22.8 Å². The number of halogens is 3. The van der Waals surface area contributed by atoms with Gasteiger partial charge < -0.3 is 14.8 Å². The number of nitrogens with one attached hydrogen (secondary N) is 1. The first kappa shape index (κ1) is 16.3. The van der Waals surface area contributed by atoms with Crippen molar-refractivity contribution in [3.05, 3.63) is 30.1 Å². The third-order valence-corrected chi connectivity index (χ3v) is 3.98. The molecule has 1 fully saturated rings. The molecule has 1 aromatic heterocycles. The number of rotatable bonds is 1. The van der Waals surface area contributed by atoms with Gasteiger partial charge in [0.25, 0.3) is 5.91 Å². The van der Waals surface area contributed by atoms with Gasteiger partial charge in [0.2, 0.25) is 0 Å². The molecule has 2 amide bonds. The van der Waals surface area contributed by atoms with Crippen LogP contribution in [-0.4, -0.2) is 63.9 Å². The topological polar surface area (TPSA) is 69.3 Å². The largest absolute Gasteiger partial charge is 0.471 e. The molecule has 0 aliphatic carbocycles. The zero-order valence-electron chi connectivity index (χ0n) is 12.6. The molecule has 128 valence electrons. The van der Waals surface area contributed by atoms with E-state index in [9.17, 15) is 22.8 Å². The van der Waals surface area contributed by atoms with Crippen LogP contribution >= 0.6 is 0 Å². The van der Waals surface area contributed by atoms with Crippen molar-refractivity contribution in [1.82, 2.24) is 19.8 Å². The molecule has 1 saturated heterocycles. The summed E-state index contributed by atoms with van der Waals surface area (Å²) < 4.78 is 37.6. The van der Waals surface area contributed by atoms with Crippen molar-refractivity contribution in [3.63, 3.8) is 0 Å². The second kappa shape index (κ2) is 6.14. The number of hydrogen-bond acceptors (Lipinski definition) is 3. The normalized spacial score (nSPS) is 16.3. The maximum absolute atomic E-state index is 12.6. The van der Waals surface area contributed by atoms with Gasteiger partial charge in [-0.15, -0.1) is 0 Å². The summed E-state index contributed by atoms with van der Waals surface area (Å²) in [5.74, 6) is -2.12. The van der Waals surface area contributed by atoms with E-state index in [1.165, 1.54) is 11.2 Å². The maximum Gasteiger partial charge on any atom is 0.471 e. The number of carbonyl (C=O) groups excluding carboxylic acids is 2. The van der Waals surface area contributed by atoms with Gasteiger partial charge in [-0.05, 0) is 24.6 Å². The Hall–Kier alpha value is -2.58. The van der Waals surface area contributed by atoms with E-state index < -0.39 is 12.1 Å². The van der Waals surface area contributed by atoms with E-state index in [0.29, 0.717) is 24.0 Å². The minimum Gasteiger partial charge on any atom is -0.345 e. The third kappa shape index (κ3) is 3.19. The van der Waals surface area contributed by atoms with Gasteiger partial charge >= 0.3 is 12.1 Å². The van der Waals surface area contributed by atoms with Crippen molar-refractivity contribution >= 4 is 22.8 Å². The summed E-state index contributed by atoms with van der Waals surface area (Å²) in [5.41, 5.74) is 1.87. The molecule has 1 aliphatic heterocycles. The van der Waals surface area contributed by atoms with E-state index >= 15 is 0 Å². The first-order valence-electron chi connectivity index (χ1n) is 7.45. The number of nitrogens with zero attached hydrogens (tertiary/aromatic N) is 3. The number of hydrogen-bond donors (Lipinski definition) is 1. The summed E-state index contributed by atoms with van der Waals surface area (Å²) in [5, 5.41) is 0. The standard InChI is InChI=1S/C15H15F3N4O2/c16-15(17,18)14(24)22-5-1-4-21(6-7-22)13(23)10-2-3-11-12(8-10)20-9-19-11/h2-3,8-9H,1,4-7H2,(H,19,20). The van der Waals surface area contributed by atoms with E-state index in [0.717, 1.165) is 10.4 Å². The predicted molar refractivity (Wildman–Crippen MR) is 79.2 cm³/mol. The Morgan fingerprint density at radius 2 is 1.79 bits per heavy atom. The summed E-state index contributed by atoms with van der Waals surface area (Å²) in [4.78, 5) is 33.1. The number of amides is 2. The molecular formula is C15H15F3N4O2. The Bertz CT molecular complexity index is 771. The summed E-state index contributed by atoms with van der Waals surface area (Å²) in [6.07, 6.45) is -3.06. The molecule has 0 spiro atoms. The molecule has 9 heteroatoms. The first-order chi connectivity index (χ1) is 11.4. The van der Waals surface area contributed by atoms with E-state index in [-0.39, 0.29) is 25.5 Å². The number of fused-ring (bicyclic) bond motifs is 1. The van der Waals surface area contributed by atoms with E-state index in [2.05, 4.69) is 9.97 Å². The molecule has 0 radical (unpaired) electrons. The monoisotopic (exact) mass is 340 g/mol. The van der Waals surface area contributed by atoms with Gasteiger partial charge in [-0.2, -0.15) is 13.2 Å². The quantitative estimate of drug-likeness (QED) is 0.861. The highest BCUT2D eigenvalue weighted by Crippen LogP contribution is 2.20. The van der Waals surface area contributed by atoms with Crippen LogP contribution in [0.4, 0.5) is 13.2 Å². The van der Waals surface area contributed by atoms with Crippen molar-refractivity contribution in [2.24, 2.45) is 0 Å². The van der Waals surface area contributed by atoms with Crippen molar-refractivity contribution in [1.29, 1.82) is 0 Å². The van der Waals surface area contributed by atoms with Crippen LogP contribution in [0, 0.1) is 0 Å². The second-order valence-corrected chi connectivity index (χ2v) is 5.57. The van der Waals surface area contributed by atoms with Crippen LogP contribution in [0.25, 0.3) is 11.0 Å². The highest BCUT2D eigenvalue weighted by molar-refractivity contribution is 5.97. The Balaban J connectivity index is 1.71. The first-order valence-corrected chi connectivity index (χ1v) is 7.45. The number of aromatic amines is 1. The number of H-pyrrole nitrogens is 1. The fraction of sp³-hybridized carbons (Fsp3) is 0.400. The molecule has 2 aromatic rings. The molecule has 0 saturated carbocycles. The summed E-state index contributed by atoms with van der Waals surface area (Å²) >= 11 is 0. The maximum atomic E-state index is 12.6. The van der Waals surface area contributed by atoms with E-state index in [1.54, 1.807) is 18.2 Å². The molecule has 0 bridgehead atoms.